The average molecular weight is 448 g/mol. The van der Waals surface area contributed by atoms with Gasteiger partial charge in [-0.05, 0) is 42.5 Å². The summed E-state index contributed by atoms with van der Waals surface area (Å²) >= 11 is 3.04. The van der Waals surface area contributed by atoms with Crippen LogP contribution in [0.2, 0.25) is 0 Å². The number of sulfonamides is 1. The Kier molecular flexibility index (Phi) is 5.56. The van der Waals surface area contributed by atoms with Crippen molar-refractivity contribution < 1.29 is 13.2 Å². The number of rotatable bonds is 4. The number of nitrogens with zero attached hydrogens (tertiary/aromatic N) is 3. The van der Waals surface area contributed by atoms with E-state index in [1.807, 2.05) is 35.9 Å². The first-order chi connectivity index (χ1) is 13.9. The van der Waals surface area contributed by atoms with Gasteiger partial charge in [0.05, 0.1) is 4.90 Å². The van der Waals surface area contributed by atoms with Crippen LogP contribution in [0, 0.1) is 13.8 Å². The van der Waals surface area contributed by atoms with Gasteiger partial charge in [-0.1, -0.05) is 12.1 Å². The topological polar surface area (TPSA) is 70.6 Å². The second kappa shape index (κ2) is 7.98. The van der Waals surface area contributed by atoms with E-state index in [1.54, 1.807) is 34.6 Å². The number of hydrogen-bond acceptors (Lipinski definition) is 6. The lowest BCUT2D eigenvalue weighted by Gasteiger charge is -2.34. The minimum Gasteiger partial charge on any atom is -0.335 e. The first kappa shape index (κ1) is 20.2. The molecular weight excluding hydrogens is 426 g/mol. The summed E-state index contributed by atoms with van der Waals surface area (Å²) in [5.41, 5.74) is 3.08. The van der Waals surface area contributed by atoms with Crippen molar-refractivity contribution in [3.63, 3.8) is 0 Å². The predicted octanol–water partition coefficient (Wildman–Crippen LogP) is 3.64. The van der Waals surface area contributed by atoms with Crippen LogP contribution >= 0.6 is 22.7 Å². The third-order valence-corrected chi connectivity index (χ3v) is 8.59. The van der Waals surface area contributed by atoms with Crippen LogP contribution < -0.4 is 0 Å². The second-order valence-corrected chi connectivity index (χ2v) is 10.6. The Morgan fingerprint density at radius 3 is 2.52 bits per heavy atom. The van der Waals surface area contributed by atoms with E-state index in [4.69, 9.17) is 0 Å². The van der Waals surface area contributed by atoms with Gasteiger partial charge in [-0.2, -0.15) is 15.6 Å². The Morgan fingerprint density at radius 1 is 1.07 bits per heavy atom. The van der Waals surface area contributed by atoms with Gasteiger partial charge in [0, 0.05) is 42.5 Å². The van der Waals surface area contributed by atoms with Gasteiger partial charge < -0.3 is 4.90 Å². The van der Waals surface area contributed by atoms with Crippen LogP contribution in [-0.2, 0) is 10.0 Å². The predicted molar refractivity (Wildman–Crippen MR) is 116 cm³/mol. The van der Waals surface area contributed by atoms with Crippen molar-refractivity contribution in [2.75, 3.05) is 26.2 Å². The summed E-state index contributed by atoms with van der Waals surface area (Å²) in [6, 6.07) is 7.43. The van der Waals surface area contributed by atoms with E-state index < -0.39 is 10.0 Å². The van der Waals surface area contributed by atoms with Crippen LogP contribution in [0.25, 0.3) is 10.6 Å². The first-order valence-electron chi connectivity index (χ1n) is 9.21. The molecule has 9 heteroatoms. The fourth-order valence-corrected chi connectivity index (χ4v) is 6.55. The minimum atomic E-state index is -3.57. The summed E-state index contributed by atoms with van der Waals surface area (Å²) in [5.74, 6) is -0.147. The number of aromatic nitrogens is 1. The Balaban J connectivity index is 1.45. The SMILES string of the molecule is Cc1ccc(C)c(S(=O)(=O)N2CCN(C(=O)c3csc(-c4ccsc4)n3)CC2)c1. The molecule has 2 aromatic heterocycles. The lowest BCUT2D eigenvalue weighted by Crippen LogP contribution is -2.50. The maximum absolute atomic E-state index is 13.1. The quantitative estimate of drug-likeness (QED) is 0.612. The molecule has 1 aliphatic heterocycles. The fraction of sp³-hybridized carbons (Fsp3) is 0.300. The number of aryl methyl sites for hydroxylation is 2. The molecule has 3 heterocycles. The highest BCUT2D eigenvalue weighted by atomic mass is 32.2. The molecule has 0 aliphatic carbocycles. The molecule has 0 unspecified atom stereocenters. The molecule has 4 rings (SSSR count). The van der Waals surface area contributed by atoms with Crippen LogP contribution in [0.4, 0.5) is 0 Å². The Hall–Kier alpha value is -2.07. The Bertz CT molecular complexity index is 1130. The van der Waals surface area contributed by atoms with E-state index in [2.05, 4.69) is 4.98 Å². The van der Waals surface area contributed by atoms with Crippen molar-refractivity contribution in [2.24, 2.45) is 0 Å². The van der Waals surface area contributed by atoms with E-state index in [9.17, 15) is 13.2 Å². The summed E-state index contributed by atoms with van der Waals surface area (Å²) in [6.07, 6.45) is 0. The minimum absolute atomic E-state index is 0.147. The molecule has 1 aromatic carbocycles. The molecule has 6 nitrogen and oxygen atoms in total. The molecule has 3 aromatic rings. The number of piperazine rings is 1. The third kappa shape index (κ3) is 4.00. The van der Waals surface area contributed by atoms with Crippen molar-refractivity contribution in [1.29, 1.82) is 0 Å². The van der Waals surface area contributed by atoms with Crippen molar-refractivity contribution in [2.45, 2.75) is 18.7 Å². The number of benzene rings is 1. The summed E-state index contributed by atoms with van der Waals surface area (Å²) in [4.78, 5) is 19.3. The highest BCUT2D eigenvalue weighted by Crippen LogP contribution is 2.27. The summed E-state index contributed by atoms with van der Waals surface area (Å²) < 4.78 is 27.6. The molecule has 1 amide bonds. The number of thiophene rings is 1. The van der Waals surface area contributed by atoms with Gasteiger partial charge in [-0.15, -0.1) is 11.3 Å². The molecule has 0 radical (unpaired) electrons. The molecule has 0 saturated carbocycles. The fourth-order valence-electron chi connectivity index (χ4n) is 3.31. The maximum Gasteiger partial charge on any atom is 0.273 e. The van der Waals surface area contributed by atoms with Crippen molar-refractivity contribution in [1.82, 2.24) is 14.2 Å². The van der Waals surface area contributed by atoms with E-state index >= 15 is 0 Å². The Labute approximate surface area is 178 Å². The van der Waals surface area contributed by atoms with E-state index in [-0.39, 0.29) is 19.0 Å². The number of carbonyl (C=O) groups is 1. The molecule has 0 atom stereocenters. The maximum atomic E-state index is 13.1. The van der Waals surface area contributed by atoms with Gasteiger partial charge in [0.15, 0.2) is 0 Å². The van der Waals surface area contributed by atoms with Gasteiger partial charge in [-0.3, -0.25) is 4.79 Å². The van der Waals surface area contributed by atoms with E-state index in [0.717, 1.165) is 21.7 Å². The second-order valence-electron chi connectivity index (χ2n) is 7.02. The van der Waals surface area contributed by atoms with Crippen LogP contribution in [-0.4, -0.2) is 54.7 Å². The van der Waals surface area contributed by atoms with Crippen molar-refractivity contribution >= 4 is 38.6 Å². The molecule has 1 saturated heterocycles. The van der Waals surface area contributed by atoms with E-state index in [0.29, 0.717) is 23.7 Å². The molecule has 1 fully saturated rings. The summed E-state index contributed by atoms with van der Waals surface area (Å²) in [7, 11) is -3.57. The van der Waals surface area contributed by atoms with Crippen LogP contribution in [0.5, 0.6) is 0 Å². The molecule has 29 heavy (non-hydrogen) atoms. The smallest absolute Gasteiger partial charge is 0.273 e. The standard InChI is InChI=1S/C20H21N3O3S3/c1-14-3-4-15(2)18(11-14)29(25,26)23-8-6-22(7-9-23)20(24)17-13-28-19(21-17)16-5-10-27-12-16/h3-5,10-13H,6-9H2,1-2H3. The molecule has 1 aliphatic rings. The molecule has 152 valence electrons. The van der Waals surface area contributed by atoms with Gasteiger partial charge in [0.25, 0.3) is 5.91 Å². The molecule has 0 N–H and O–H groups in total. The lowest BCUT2D eigenvalue weighted by molar-refractivity contribution is 0.0693. The number of hydrogen-bond donors (Lipinski definition) is 0. The molecule has 0 bridgehead atoms. The monoisotopic (exact) mass is 447 g/mol. The third-order valence-electron chi connectivity index (χ3n) is 4.98. The van der Waals surface area contributed by atoms with Crippen LogP contribution in [0.1, 0.15) is 21.6 Å². The van der Waals surface area contributed by atoms with Crippen LogP contribution in [0.15, 0.2) is 45.3 Å². The Morgan fingerprint density at radius 2 is 1.83 bits per heavy atom. The largest absolute Gasteiger partial charge is 0.335 e. The average Bonchev–Trinajstić information content (AvgIpc) is 3.41. The zero-order chi connectivity index (χ0) is 20.6. The van der Waals surface area contributed by atoms with Crippen molar-refractivity contribution in [3.05, 3.63) is 57.2 Å². The molecular formula is C20H21N3O3S3. The van der Waals surface area contributed by atoms with Gasteiger partial charge >= 0.3 is 0 Å². The lowest BCUT2D eigenvalue weighted by atomic mass is 10.2. The number of thiazole rings is 1. The van der Waals surface area contributed by atoms with Crippen molar-refractivity contribution in [3.8, 4) is 10.6 Å². The van der Waals surface area contributed by atoms with Gasteiger partial charge in [0.1, 0.15) is 10.7 Å². The highest BCUT2D eigenvalue weighted by Gasteiger charge is 2.32. The highest BCUT2D eigenvalue weighted by molar-refractivity contribution is 7.89. The van der Waals surface area contributed by atoms with Crippen LogP contribution in [0.3, 0.4) is 0 Å². The molecule has 0 spiro atoms. The van der Waals surface area contributed by atoms with E-state index in [1.165, 1.54) is 15.6 Å². The summed E-state index contributed by atoms with van der Waals surface area (Å²) in [5, 5.41) is 6.58. The summed E-state index contributed by atoms with van der Waals surface area (Å²) in [6.45, 7) is 4.96. The zero-order valence-electron chi connectivity index (χ0n) is 16.2. The number of carbonyl (C=O) groups excluding carboxylic acids is 1. The van der Waals surface area contributed by atoms with Gasteiger partial charge in [0.2, 0.25) is 10.0 Å². The zero-order valence-corrected chi connectivity index (χ0v) is 18.6. The van der Waals surface area contributed by atoms with Gasteiger partial charge in [-0.25, -0.2) is 13.4 Å². The normalized spacial score (nSPS) is 15.6. The first-order valence-corrected chi connectivity index (χ1v) is 12.5. The number of amides is 1.